The molecule has 0 unspecified atom stereocenters. The van der Waals surface area contributed by atoms with E-state index in [0.717, 1.165) is 19.3 Å². The Morgan fingerprint density at radius 3 is 2.79 bits per heavy atom. The first-order valence-electron chi connectivity index (χ1n) is 12.0. The summed E-state index contributed by atoms with van der Waals surface area (Å²) in [5.74, 6) is -0.736. The number of anilines is 1. The summed E-state index contributed by atoms with van der Waals surface area (Å²) in [7, 11) is 0. The number of nitrogens with zero attached hydrogens (tertiary/aromatic N) is 5. The molecule has 2 saturated heterocycles. The second-order valence-electron chi connectivity index (χ2n) is 10.5. The molecule has 34 heavy (non-hydrogen) atoms. The second-order valence-corrected chi connectivity index (χ2v) is 10.5. The van der Waals surface area contributed by atoms with Crippen molar-refractivity contribution >= 4 is 23.0 Å². The minimum absolute atomic E-state index is 0.209. The van der Waals surface area contributed by atoms with E-state index in [1.807, 2.05) is 18.4 Å². The molecule has 0 spiro atoms. The largest absolute Gasteiger partial charge is 0.481 e. The van der Waals surface area contributed by atoms with Gasteiger partial charge in [-0.3, -0.25) is 14.3 Å². The van der Waals surface area contributed by atoms with Gasteiger partial charge < -0.3 is 25.1 Å². The molecule has 1 aliphatic carbocycles. The molecule has 2 aliphatic heterocycles. The normalized spacial score (nSPS) is 32.4. The standard InChI is InChI=1S/C23H34N6O5/c1-13(2)28(15-7-14(8-15)5-6-17(30)31)9-16-19-23(10-32-16,34-22(3,4)33-19)29-12-27-18-20(24)25-11-26-21(18)29/h11-16,19H,5-10H2,1-4H3,(H,30,31)(H2,24,25,26)/t14?,15?,16-,19-,23+/m1/s1. The first-order chi connectivity index (χ1) is 16.1. The Hall–Kier alpha value is -2.34. The summed E-state index contributed by atoms with van der Waals surface area (Å²) in [5.41, 5.74) is 6.22. The fourth-order valence-corrected chi connectivity index (χ4v) is 5.76. The van der Waals surface area contributed by atoms with Crippen LogP contribution in [0.25, 0.3) is 11.2 Å². The topological polar surface area (TPSA) is 138 Å². The molecule has 3 fully saturated rings. The lowest BCUT2D eigenvalue weighted by Crippen LogP contribution is -2.53. The lowest BCUT2D eigenvalue weighted by Gasteiger charge is -2.46. The molecule has 0 amide bonds. The molecule has 4 heterocycles. The summed E-state index contributed by atoms with van der Waals surface area (Å²) in [6, 6.07) is 0.732. The van der Waals surface area contributed by atoms with Gasteiger partial charge in [0, 0.05) is 25.0 Å². The summed E-state index contributed by atoms with van der Waals surface area (Å²) in [5, 5.41) is 8.97. The van der Waals surface area contributed by atoms with Crippen molar-refractivity contribution < 1.29 is 24.1 Å². The predicted octanol–water partition coefficient (Wildman–Crippen LogP) is 1.97. The van der Waals surface area contributed by atoms with Crippen LogP contribution in [0.15, 0.2) is 12.7 Å². The van der Waals surface area contributed by atoms with Crippen molar-refractivity contribution in [2.75, 3.05) is 18.9 Å². The average molecular weight is 475 g/mol. The molecule has 5 rings (SSSR count). The lowest BCUT2D eigenvalue weighted by atomic mass is 9.76. The Morgan fingerprint density at radius 1 is 1.32 bits per heavy atom. The van der Waals surface area contributed by atoms with E-state index < -0.39 is 17.5 Å². The van der Waals surface area contributed by atoms with Crippen molar-refractivity contribution in [1.82, 2.24) is 24.4 Å². The summed E-state index contributed by atoms with van der Waals surface area (Å²) in [6.45, 7) is 9.19. The summed E-state index contributed by atoms with van der Waals surface area (Å²) in [6.07, 6.45) is 5.54. The molecule has 0 aromatic carbocycles. The molecule has 0 bridgehead atoms. The number of nitrogens with two attached hydrogens (primary N) is 1. The number of ether oxygens (including phenoxy) is 3. The Bertz CT molecular complexity index is 1070. The first kappa shape index (κ1) is 23.4. The van der Waals surface area contributed by atoms with E-state index in [1.165, 1.54) is 6.33 Å². The van der Waals surface area contributed by atoms with E-state index in [0.29, 0.717) is 48.1 Å². The van der Waals surface area contributed by atoms with E-state index in [4.69, 9.17) is 25.1 Å². The van der Waals surface area contributed by atoms with Gasteiger partial charge in [0.05, 0.1) is 12.9 Å². The van der Waals surface area contributed by atoms with E-state index in [-0.39, 0.29) is 18.6 Å². The van der Waals surface area contributed by atoms with Gasteiger partial charge in [-0.15, -0.1) is 0 Å². The molecule has 3 N–H and O–H groups in total. The molecule has 1 saturated carbocycles. The van der Waals surface area contributed by atoms with E-state index in [9.17, 15) is 4.79 Å². The summed E-state index contributed by atoms with van der Waals surface area (Å²) >= 11 is 0. The molecule has 11 nitrogen and oxygen atoms in total. The third-order valence-corrected chi connectivity index (χ3v) is 7.39. The minimum atomic E-state index is -0.907. The third kappa shape index (κ3) is 3.94. The molecule has 3 atom stereocenters. The average Bonchev–Trinajstić information content (AvgIpc) is 3.36. The number of hydrogen-bond acceptors (Lipinski definition) is 9. The van der Waals surface area contributed by atoms with Crippen LogP contribution in [0.1, 0.15) is 53.4 Å². The fraction of sp³-hybridized carbons (Fsp3) is 0.739. The van der Waals surface area contributed by atoms with Crippen LogP contribution in [0.5, 0.6) is 0 Å². The van der Waals surface area contributed by atoms with Gasteiger partial charge in [0.25, 0.3) is 0 Å². The van der Waals surface area contributed by atoms with Gasteiger partial charge in [-0.05, 0) is 52.9 Å². The van der Waals surface area contributed by atoms with Crippen molar-refractivity contribution in [2.45, 2.75) is 89.2 Å². The zero-order valence-electron chi connectivity index (χ0n) is 20.2. The van der Waals surface area contributed by atoms with Crippen molar-refractivity contribution in [3.63, 3.8) is 0 Å². The number of rotatable bonds is 8. The lowest BCUT2D eigenvalue weighted by molar-refractivity contribution is -0.206. The molecule has 0 radical (unpaired) electrons. The van der Waals surface area contributed by atoms with Crippen LogP contribution in [-0.4, -0.2) is 78.7 Å². The molecule has 3 aliphatic rings. The zero-order chi connectivity index (χ0) is 24.3. The van der Waals surface area contributed by atoms with Crippen molar-refractivity contribution in [3.8, 4) is 0 Å². The number of carboxylic acids is 1. The predicted molar refractivity (Wildman–Crippen MR) is 123 cm³/mol. The molecular formula is C23H34N6O5. The first-order valence-corrected chi connectivity index (χ1v) is 12.0. The van der Waals surface area contributed by atoms with Crippen molar-refractivity contribution in [2.24, 2.45) is 5.92 Å². The Labute approximate surface area is 198 Å². The SMILES string of the molecule is CC(C)N(C[C@H]1OC[C@]2(n3cnc4c(N)ncnc43)OC(C)(C)O[C@H]12)C1CC(CCC(=O)O)C1. The van der Waals surface area contributed by atoms with Crippen molar-refractivity contribution in [3.05, 3.63) is 12.7 Å². The number of hydrogen-bond donors (Lipinski definition) is 2. The fourth-order valence-electron chi connectivity index (χ4n) is 5.76. The Morgan fingerprint density at radius 2 is 2.09 bits per heavy atom. The number of carbonyl (C=O) groups is 1. The highest BCUT2D eigenvalue weighted by Gasteiger charge is 2.63. The van der Waals surface area contributed by atoms with Crippen LogP contribution in [-0.2, 0) is 24.7 Å². The highest BCUT2D eigenvalue weighted by atomic mass is 16.8. The van der Waals surface area contributed by atoms with Gasteiger partial charge >= 0.3 is 5.97 Å². The smallest absolute Gasteiger partial charge is 0.303 e. The van der Waals surface area contributed by atoms with Crippen molar-refractivity contribution in [1.29, 1.82) is 0 Å². The summed E-state index contributed by atoms with van der Waals surface area (Å²) in [4.78, 5) is 26.3. The van der Waals surface area contributed by atoms with Crippen LogP contribution in [0.2, 0.25) is 0 Å². The molecule has 2 aromatic rings. The molecule has 11 heteroatoms. The van der Waals surface area contributed by atoms with Crippen LogP contribution in [0, 0.1) is 5.92 Å². The van der Waals surface area contributed by atoms with Crippen LogP contribution in [0.3, 0.4) is 0 Å². The highest BCUT2D eigenvalue weighted by molar-refractivity contribution is 5.81. The van der Waals surface area contributed by atoms with E-state index >= 15 is 0 Å². The van der Waals surface area contributed by atoms with Gasteiger partial charge in [0.15, 0.2) is 17.3 Å². The number of imidazole rings is 1. The third-order valence-electron chi connectivity index (χ3n) is 7.39. The van der Waals surface area contributed by atoms with Gasteiger partial charge in [0.2, 0.25) is 5.72 Å². The minimum Gasteiger partial charge on any atom is -0.481 e. The van der Waals surface area contributed by atoms with Gasteiger partial charge in [-0.1, -0.05) is 0 Å². The Balaban J connectivity index is 1.37. The molecular weight excluding hydrogens is 440 g/mol. The maximum atomic E-state index is 10.9. The second kappa shape index (κ2) is 8.40. The number of aliphatic carboxylic acids is 1. The summed E-state index contributed by atoms with van der Waals surface area (Å²) < 4.78 is 21.1. The highest BCUT2D eigenvalue weighted by Crippen LogP contribution is 2.48. The van der Waals surface area contributed by atoms with Gasteiger partial charge in [-0.25, -0.2) is 15.0 Å². The molecule has 186 valence electrons. The Kier molecular flexibility index (Phi) is 5.78. The number of fused-ring (bicyclic) bond motifs is 2. The van der Waals surface area contributed by atoms with Crippen LogP contribution in [0.4, 0.5) is 5.82 Å². The van der Waals surface area contributed by atoms with E-state index in [2.05, 4.69) is 33.7 Å². The maximum absolute atomic E-state index is 10.9. The molecule has 2 aromatic heterocycles. The monoisotopic (exact) mass is 474 g/mol. The number of nitrogen functional groups attached to an aromatic ring is 1. The van der Waals surface area contributed by atoms with E-state index in [1.54, 1.807) is 6.33 Å². The quantitative estimate of drug-likeness (QED) is 0.584. The number of aromatic nitrogens is 4. The van der Waals surface area contributed by atoms with Crippen LogP contribution < -0.4 is 5.73 Å². The number of carboxylic acid groups (broad SMARTS) is 1. The van der Waals surface area contributed by atoms with Crippen LogP contribution >= 0.6 is 0 Å². The zero-order valence-corrected chi connectivity index (χ0v) is 20.2. The maximum Gasteiger partial charge on any atom is 0.303 e. The van der Waals surface area contributed by atoms with Gasteiger partial charge in [0.1, 0.15) is 24.1 Å². The van der Waals surface area contributed by atoms with Gasteiger partial charge in [-0.2, -0.15) is 0 Å².